The molecule has 0 saturated carbocycles. The van der Waals surface area contributed by atoms with Gasteiger partial charge in [0, 0.05) is 0 Å². The molecule has 0 aromatic rings. The van der Waals surface area contributed by atoms with Crippen LogP contribution in [0.5, 0.6) is 0 Å². The zero-order valence-corrected chi connectivity index (χ0v) is 12.9. The van der Waals surface area contributed by atoms with E-state index in [0.717, 1.165) is 6.61 Å². The molecule has 2 atom stereocenters. The maximum atomic E-state index is 6.42. The van der Waals surface area contributed by atoms with E-state index in [1.54, 1.807) is 0 Å². The van der Waals surface area contributed by atoms with Crippen LogP contribution in [-0.4, -0.2) is 27.1 Å². The van der Waals surface area contributed by atoms with Gasteiger partial charge >= 0.3 is 0 Å². The zero-order chi connectivity index (χ0) is 12.5. The molecule has 1 aliphatic heterocycles. The molecule has 1 saturated heterocycles. The molecule has 1 fully saturated rings. The Morgan fingerprint density at radius 1 is 1.00 bits per heavy atom. The average molecular weight is 244 g/mol. The second-order valence-corrected chi connectivity index (χ2v) is 11.5. The van der Waals surface area contributed by atoms with Gasteiger partial charge < -0.3 is 9.16 Å². The molecule has 1 rings (SSSR count). The minimum atomic E-state index is -1.66. The summed E-state index contributed by atoms with van der Waals surface area (Å²) in [4.78, 5) is 0. The number of hydrogen-bond donors (Lipinski definition) is 0. The van der Waals surface area contributed by atoms with Gasteiger partial charge in [-0.1, -0.05) is 41.5 Å². The summed E-state index contributed by atoms with van der Waals surface area (Å²) in [5, 5.41) is 0. The standard InChI is InChI=1S/C13H28O2Si/c1-9(2)16(10(3)4,11(5)6)14-8-13-12(7)15-13/h9-13H,8H2,1-7H3. The molecule has 0 aromatic heterocycles. The highest BCUT2D eigenvalue weighted by Crippen LogP contribution is 2.42. The Kier molecular flexibility index (Phi) is 4.61. The Balaban J connectivity index is 2.68. The predicted octanol–water partition coefficient (Wildman–Crippen LogP) is 3.97. The number of hydrogen-bond acceptors (Lipinski definition) is 2. The third kappa shape index (κ3) is 2.69. The minimum absolute atomic E-state index is 0.364. The number of epoxide rings is 1. The van der Waals surface area contributed by atoms with Crippen molar-refractivity contribution < 1.29 is 9.16 Å². The van der Waals surface area contributed by atoms with Crippen molar-refractivity contribution >= 4 is 8.32 Å². The first-order valence-electron chi connectivity index (χ1n) is 6.61. The lowest BCUT2D eigenvalue weighted by Crippen LogP contribution is -2.48. The van der Waals surface area contributed by atoms with Crippen LogP contribution >= 0.6 is 0 Å². The van der Waals surface area contributed by atoms with Crippen LogP contribution in [0.3, 0.4) is 0 Å². The van der Waals surface area contributed by atoms with Crippen LogP contribution < -0.4 is 0 Å². The lowest BCUT2D eigenvalue weighted by molar-refractivity contribution is 0.235. The smallest absolute Gasteiger partial charge is 0.200 e. The Bertz CT molecular complexity index is 204. The minimum Gasteiger partial charge on any atom is -0.413 e. The second-order valence-electron chi connectivity index (χ2n) is 6.01. The van der Waals surface area contributed by atoms with E-state index in [-0.39, 0.29) is 0 Å². The quantitative estimate of drug-likeness (QED) is 0.521. The first kappa shape index (κ1) is 14.2. The molecule has 0 radical (unpaired) electrons. The van der Waals surface area contributed by atoms with E-state index in [1.165, 1.54) is 0 Å². The fraction of sp³-hybridized carbons (Fsp3) is 1.00. The van der Waals surface area contributed by atoms with Crippen LogP contribution in [0, 0.1) is 0 Å². The van der Waals surface area contributed by atoms with Crippen molar-refractivity contribution in [3.8, 4) is 0 Å². The Morgan fingerprint density at radius 3 is 1.62 bits per heavy atom. The predicted molar refractivity (Wildman–Crippen MR) is 71.3 cm³/mol. The third-order valence-electron chi connectivity index (χ3n) is 4.04. The van der Waals surface area contributed by atoms with Gasteiger partial charge in [-0.15, -0.1) is 0 Å². The lowest BCUT2D eigenvalue weighted by Gasteiger charge is -2.42. The van der Waals surface area contributed by atoms with Crippen molar-refractivity contribution in [2.45, 2.75) is 77.3 Å². The van der Waals surface area contributed by atoms with Gasteiger partial charge in [0.05, 0.1) is 12.7 Å². The third-order valence-corrected chi connectivity index (χ3v) is 10.1. The van der Waals surface area contributed by atoms with Crippen molar-refractivity contribution in [3.05, 3.63) is 0 Å². The first-order chi connectivity index (χ1) is 7.32. The normalized spacial score (nSPS) is 25.9. The summed E-state index contributed by atoms with van der Waals surface area (Å²) in [5.41, 5.74) is 2.00. The van der Waals surface area contributed by atoms with Gasteiger partial charge in [0.1, 0.15) is 6.10 Å². The van der Waals surface area contributed by atoms with E-state index >= 15 is 0 Å². The van der Waals surface area contributed by atoms with E-state index < -0.39 is 8.32 Å². The van der Waals surface area contributed by atoms with Crippen LogP contribution in [-0.2, 0) is 9.16 Å². The van der Waals surface area contributed by atoms with E-state index in [0.29, 0.717) is 28.8 Å². The topological polar surface area (TPSA) is 21.8 Å². The summed E-state index contributed by atoms with van der Waals surface area (Å²) >= 11 is 0. The van der Waals surface area contributed by atoms with Crippen molar-refractivity contribution in [1.29, 1.82) is 0 Å². The van der Waals surface area contributed by atoms with E-state index in [2.05, 4.69) is 48.5 Å². The molecule has 0 aliphatic carbocycles. The molecular formula is C13H28O2Si. The van der Waals surface area contributed by atoms with Gasteiger partial charge in [-0.2, -0.15) is 0 Å². The van der Waals surface area contributed by atoms with Crippen LogP contribution in [0.15, 0.2) is 0 Å². The SMILES string of the molecule is CC1OC1CO[Si](C(C)C)(C(C)C)C(C)C. The first-order valence-corrected chi connectivity index (χ1v) is 8.75. The average Bonchev–Trinajstić information content (AvgIpc) is 2.81. The van der Waals surface area contributed by atoms with Crippen molar-refractivity contribution in [2.75, 3.05) is 6.61 Å². The molecule has 0 N–H and O–H groups in total. The van der Waals surface area contributed by atoms with Crippen molar-refractivity contribution in [2.24, 2.45) is 0 Å². The summed E-state index contributed by atoms with van der Waals surface area (Å²) in [6, 6.07) is 0. The summed E-state index contributed by atoms with van der Waals surface area (Å²) in [7, 11) is -1.66. The fourth-order valence-electron chi connectivity index (χ4n) is 3.13. The second kappa shape index (κ2) is 5.19. The highest BCUT2D eigenvalue weighted by molar-refractivity contribution is 6.77. The van der Waals surface area contributed by atoms with Gasteiger partial charge in [0.15, 0.2) is 8.32 Å². The lowest BCUT2D eigenvalue weighted by atomic mass is 10.4. The molecule has 2 unspecified atom stereocenters. The number of ether oxygens (including phenoxy) is 1. The highest BCUT2D eigenvalue weighted by atomic mass is 28.4. The van der Waals surface area contributed by atoms with Crippen LogP contribution in [0.25, 0.3) is 0 Å². The summed E-state index contributed by atoms with van der Waals surface area (Å²) in [6.07, 6.45) is 0.779. The Hall–Kier alpha value is 0.137. The van der Waals surface area contributed by atoms with Gasteiger partial charge in [-0.05, 0) is 23.5 Å². The summed E-state index contributed by atoms with van der Waals surface area (Å²) < 4.78 is 11.9. The monoisotopic (exact) mass is 244 g/mol. The molecule has 0 bridgehead atoms. The molecule has 96 valence electrons. The molecule has 1 aliphatic rings. The molecule has 0 aromatic carbocycles. The van der Waals surface area contributed by atoms with Gasteiger partial charge in [-0.3, -0.25) is 0 Å². The van der Waals surface area contributed by atoms with Gasteiger partial charge in [0.2, 0.25) is 0 Å². The van der Waals surface area contributed by atoms with E-state index in [9.17, 15) is 0 Å². The van der Waals surface area contributed by atoms with Crippen LogP contribution in [0.1, 0.15) is 48.5 Å². The van der Waals surface area contributed by atoms with Crippen LogP contribution in [0.2, 0.25) is 16.6 Å². The van der Waals surface area contributed by atoms with E-state index in [1.807, 2.05) is 0 Å². The Morgan fingerprint density at radius 2 is 1.38 bits per heavy atom. The number of rotatable bonds is 6. The maximum absolute atomic E-state index is 6.42. The largest absolute Gasteiger partial charge is 0.413 e. The summed E-state index contributed by atoms with van der Waals surface area (Å²) in [6.45, 7) is 16.9. The summed E-state index contributed by atoms with van der Waals surface area (Å²) in [5.74, 6) is 0. The van der Waals surface area contributed by atoms with Gasteiger partial charge in [-0.25, -0.2) is 0 Å². The van der Waals surface area contributed by atoms with Crippen molar-refractivity contribution in [1.82, 2.24) is 0 Å². The molecule has 0 spiro atoms. The fourth-order valence-corrected chi connectivity index (χ4v) is 8.58. The molecule has 16 heavy (non-hydrogen) atoms. The molecular weight excluding hydrogens is 216 g/mol. The molecule has 0 amide bonds. The maximum Gasteiger partial charge on any atom is 0.200 e. The Labute approximate surface area is 102 Å². The molecule has 2 nitrogen and oxygen atoms in total. The zero-order valence-electron chi connectivity index (χ0n) is 11.9. The molecule has 1 heterocycles. The van der Waals surface area contributed by atoms with Gasteiger partial charge in [0.25, 0.3) is 0 Å². The van der Waals surface area contributed by atoms with Crippen LogP contribution in [0.4, 0.5) is 0 Å². The van der Waals surface area contributed by atoms with Crippen molar-refractivity contribution in [3.63, 3.8) is 0 Å². The molecule has 3 heteroatoms. The van der Waals surface area contributed by atoms with E-state index in [4.69, 9.17) is 9.16 Å². The highest BCUT2D eigenvalue weighted by Gasteiger charge is 2.47.